The average Bonchev–Trinajstić information content (AvgIpc) is 3.27. The van der Waals surface area contributed by atoms with Crippen molar-refractivity contribution in [3.05, 3.63) is 53.8 Å². The molecule has 1 aliphatic rings. The number of carbonyl (C=O) groups is 1. The van der Waals surface area contributed by atoms with Gasteiger partial charge in [0, 0.05) is 13.1 Å². The minimum atomic E-state index is -3.76. The first-order valence-corrected chi connectivity index (χ1v) is 10.6. The lowest BCUT2D eigenvalue weighted by Gasteiger charge is -2.18. The standard InChI is InChI=1S/C20H22FNO6S/c1-26-18-9-4-15(14-19(18)29(24,25)22-10-2-3-11-22)20(23)28-13-12-27-17-7-5-16(21)6-8-17/h4-9,14H,2-3,10-13H2,1H3. The van der Waals surface area contributed by atoms with Gasteiger partial charge in [0.1, 0.15) is 35.4 Å². The molecule has 0 aromatic heterocycles. The molecule has 0 N–H and O–H groups in total. The fourth-order valence-corrected chi connectivity index (χ4v) is 4.68. The Balaban J connectivity index is 1.65. The van der Waals surface area contributed by atoms with Crippen molar-refractivity contribution in [3.63, 3.8) is 0 Å². The Morgan fingerprint density at radius 1 is 1.07 bits per heavy atom. The molecule has 3 rings (SSSR count). The van der Waals surface area contributed by atoms with Crippen LogP contribution >= 0.6 is 0 Å². The van der Waals surface area contributed by atoms with E-state index in [4.69, 9.17) is 14.2 Å². The number of sulfonamides is 1. The number of rotatable bonds is 8. The van der Waals surface area contributed by atoms with E-state index >= 15 is 0 Å². The van der Waals surface area contributed by atoms with Crippen molar-refractivity contribution < 1.29 is 31.8 Å². The number of ether oxygens (including phenoxy) is 3. The molecule has 0 unspecified atom stereocenters. The number of esters is 1. The van der Waals surface area contributed by atoms with Gasteiger partial charge < -0.3 is 14.2 Å². The maximum atomic E-state index is 12.9. The molecule has 1 saturated heterocycles. The summed E-state index contributed by atoms with van der Waals surface area (Å²) in [5.74, 6) is -0.421. The topological polar surface area (TPSA) is 82.1 Å². The quantitative estimate of drug-likeness (QED) is 0.480. The van der Waals surface area contributed by atoms with E-state index in [1.54, 1.807) is 0 Å². The van der Waals surface area contributed by atoms with Crippen molar-refractivity contribution in [2.24, 2.45) is 0 Å². The first-order valence-electron chi connectivity index (χ1n) is 9.15. The zero-order chi connectivity index (χ0) is 20.9. The van der Waals surface area contributed by atoms with Crippen molar-refractivity contribution in [2.75, 3.05) is 33.4 Å². The molecular weight excluding hydrogens is 401 g/mol. The second-order valence-corrected chi connectivity index (χ2v) is 8.32. The molecule has 0 spiro atoms. The van der Waals surface area contributed by atoms with Gasteiger partial charge in [-0.25, -0.2) is 17.6 Å². The lowest BCUT2D eigenvalue weighted by atomic mass is 10.2. The molecule has 1 heterocycles. The summed E-state index contributed by atoms with van der Waals surface area (Å²) in [6, 6.07) is 9.63. The summed E-state index contributed by atoms with van der Waals surface area (Å²) < 4.78 is 55.7. The van der Waals surface area contributed by atoms with Gasteiger partial charge >= 0.3 is 5.97 Å². The van der Waals surface area contributed by atoms with Crippen LogP contribution in [0.25, 0.3) is 0 Å². The van der Waals surface area contributed by atoms with E-state index in [0.29, 0.717) is 18.8 Å². The Labute approximate surface area is 169 Å². The van der Waals surface area contributed by atoms with E-state index in [1.807, 2.05) is 0 Å². The van der Waals surface area contributed by atoms with Crippen LogP contribution in [0.2, 0.25) is 0 Å². The summed E-state index contributed by atoms with van der Waals surface area (Å²) in [6.07, 6.45) is 1.61. The van der Waals surface area contributed by atoms with Crippen LogP contribution in [0, 0.1) is 5.82 Å². The molecule has 156 valence electrons. The van der Waals surface area contributed by atoms with Crippen molar-refractivity contribution >= 4 is 16.0 Å². The molecule has 1 fully saturated rings. The maximum absolute atomic E-state index is 12.9. The molecule has 7 nitrogen and oxygen atoms in total. The zero-order valence-corrected chi connectivity index (χ0v) is 16.8. The van der Waals surface area contributed by atoms with E-state index < -0.39 is 16.0 Å². The molecule has 0 radical (unpaired) electrons. The number of methoxy groups -OCH3 is 1. The van der Waals surface area contributed by atoms with Crippen molar-refractivity contribution in [1.82, 2.24) is 4.31 Å². The van der Waals surface area contributed by atoms with Crippen molar-refractivity contribution in [3.8, 4) is 11.5 Å². The number of nitrogens with zero attached hydrogens (tertiary/aromatic N) is 1. The third-order valence-electron chi connectivity index (χ3n) is 4.48. The monoisotopic (exact) mass is 423 g/mol. The minimum Gasteiger partial charge on any atom is -0.495 e. The summed E-state index contributed by atoms with van der Waals surface area (Å²) in [5.41, 5.74) is 0.102. The predicted octanol–water partition coefficient (Wildman–Crippen LogP) is 2.85. The molecule has 9 heteroatoms. The molecule has 29 heavy (non-hydrogen) atoms. The van der Waals surface area contributed by atoms with Gasteiger partial charge in [-0.2, -0.15) is 4.31 Å². The van der Waals surface area contributed by atoms with Crippen LogP contribution in [-0.4, -0.2) is 52.1 Å². The molecular formula is C20H22FNO6S. The fourth-order valence-electron chi connectivity index (χ4n) is 2.98. The first kappa shape index (κ1) is 21.1. The fraction of sp³-hybridized carbons (Fsp3) is 0.350. The van der Waals surface area contributed by atoms with Gasteiger partial charge in [0.25, 0.3) is 0 Å². The molecule has 1 aliphatic heterocycles. The molecule has 0 amide bonds. The number of halogens is 1. The number of hydrogen-bond donors (Lipinski definition) is 0. The van der Waals surface area contributed by atoms with E-state index in [2.05, 4.69) is 0 Å². The molecule has 2 aromatic rings. The highest BCUT2D eigenvalue weighted by Gasteiger charge is 2.30. The number of carbonyl (C=O) groups excluding carboxylic acids is 1. The highest BCUT2D eigenvalue weighted by molar-refractivity contribution is 7.89. The normalized spacial score (nSPS) is 14.6. The summed E-state index contributed by atoms with van der Waals surface area (Å²) in [5, 5.41) is 0. The van der Waals surface area contributed by atoms with E-state index in [9.17, 15) is 17.6 Å². The average molecular weight is 423 g/mol. The number of benzene rings is 2. The largest absolute Gasteiger partial charge is 0.495 e. The Hall–Kier alpha value is -2.65. The van der Waals surface area contributed by atoms with Crippen LogP contribution in [0.15, 0.2) is 47.4 Å². The third-order valence-corrected chi connectivity index (χ3v) is 6.40. The van der Waals surface area contributed by atoms with Crippen LogP contribution in [0.5, 0.6) is 11.5 Å². The molecule has 0 bridgehead atoms. The van der Waals surface area contributed by atoms with Gasteiger partial charge in [-0.15, -0.1) is 0 Å². The van der Waals surface area contributed by atoms with Crippen LogP contribution < -0.4 is 9.47 Å². The molecule has 0 aliphatic carbocycles. The van der Waals surface area contributed by atoms with Crippen LogP contribution in [-0.2, 0) is 14.8 Å². The smallest absolute Gasteiger partial charge is 0.338 e. The van der Waals surface area contributed by atoms with Gasteiger partial charge in [0.15, 0.2) is 0 Å². The van der Waals surface area contributed by atoms with Crippen LogP contribution in [0.4, 0.5) is 4.39 Å². The third kappa shape index (κ3) is 5.04. The van der Waals surface area contributed by atoms with Gasteiger partial charge in [0.05, 0.1) is 12.7 Å². The summed E-state index contributed by atoms with van der Waals surface area (Å²) in [7, 11) is -2.38. The molecule has 2 aromatic carbocycles. The highest BCUT2D eigenvalue weighted by atomic mass is 32.2. The van der Waals surface area contributed by atoms with E-state index in [-0.39, 0.29) is 35.2 Å². The van der Waals surface area contributed by atoms with Gasteiger partial charge in [-0.1, -0.05) is 0 Å². The second kappa shape index (κ2) is 9.23. The summed E-state index contributed by atoms with van der Waals surface area (Å²) >= 11 is 0. The van der Waals surface area contributed by atoms with E-state index in [0.717, 1.165) is 12.8 Å². The lowest BCUT2D eigenvalue weighted by molar-refractivity contribution is 0.0450. The number of hydrogen-bond acceptors (Lipinski definition) is 6. The van der Waals surface area contributed by atoms with Gasteiger partial charge in [0.2, 0.25) is 10.0 Å². The highest BCUT2D eigenvalue weighted by Crippen LogP contribution is 2.30. The predicted molar refractivity (Wildman–Crippen MR) is 103 cm³/mol. The minimum absolute atomic E-state index is 0.0452. The Morgan fingerprint density at radius 3 is 2.41 bits per heavy atom. The lowest BCUT2D eigenvalue weighted by Crippen LogP contribution is -2.28. The summed E-state index contributed by atoms with van der Waals surface area (Å²) in [4.78, 5) is 12.3. The second-order valence-electron chi connectivity index (χ2n) is 6.42. The van der Waals surface area contributed by atoms with Crippen LogP contribution in [0.1, 0.15) is 23.2 Å². The van der Waals surface area contributed by atoms with Crippen molar-refractivity contribution in [2.45, 2.75) is 17.7 Å². The van der Waals surface area contributed by atoms with Gasteiger partial charge in [-0.05, 0) is 55.3 Å². The zero-order valence-electron chi connectivity index (χ0n) is 16.0. The SMILES string of the molecule is COc1ccc(C(=O)OCCOc2ccc(F)cc2)cc1S(=O)(=O)N1CCCC1. The van der Waals surface area contributed by atoms with Crippen LogP contribution in [0.3, 0.4) is 0 Å². The Morgan fingerprint density at radius 2 is 1.76 bits per heavy atom. The molecule has 0 saturated carbocycles. The Kier molecular flexibility index (Phi) is 6.71. The Bertz CT molecular complexity index is 955. The van der Waals surface area contributed by atoms with Crippen molar-refractivity contribution in [1.29, 1.82) is 0 Å². The summed E-state index contributed by atoms with van der Waals surface area (Å²) in [6.45, 7) is 0.921. The van der Waals surface area contributed by atoms with Gasteiger partial charge in [-0.3, -0.25) is 0 Å². The molecule has 0 atom stereocenters. The van der Waals surface area contributed by atoms with E-state index in [1.165, 1.54) is 53.9 Å². The first-order chi connectivity index (χ1) is 13.9. The maximum Gasteiger partial charge on any atom is 0.338 e.